The fourth-order valence-corrected chi connectivity index (χ4v) is 3.21. The molecule has 0 aromatic carbocycles. The monoisotopic (exact) mass is 251 g/mol. The Morgan fingerprint density at radius 2 is 2.18 bits per heavy atom. The second kappa shape index (κ2) is 4.40. The number of rotatable bonds is 2. The van der Waals surface area contributed by atoms with Crippen LogP contribution in [0, 0.1) is 0 Å². The molecule has 3 rings (SSSR count). The molecule has 5 heteroatoms. The summed E-state index contributed by atoms with van der Waals surface area (Å²) in [6.45, 7) is 7.18. The van der Waals surface area contributed by atoms with Gasteiger partial charge < -0.3 is 4.74 Å². The Hall–Kier alpha value is -0.910. The molecular weight excluding hydrogens is 234 g/mol. The zero-order valence-corrected chi connectivity index (χ0v) is 11.0. The number of ether oxygens (including phenoxy) is 1. The number of fused-ring (bicyclic) bond motifs is 1. The van der Waals surface area contributed by atoms with E-state index in [9.17, 15) is 0 Å². The highest BCUT2D eigenvalue weighted by Crippen LogP contribution is 2.16. The molecular formula is C12H17N3OS. The predicted octanol–water partition coefficient (Wildman–Crippen LogP) is 2.00. The van der Waals surface area contributed by atoms with E-state index in [4.69, 9.17) is 4.74 Å². The molecule has 92 valence electrons. The Morgan fingerprint density at radius 1 is 1.41 bits per heavy atom. The zero-order valence-electron chi connectivity index (χ0n) is 10.2. The lowest BCUT2D eigenvalue weighted by Crippen LogP contribution is -2.44. The topological polar surface area (TPSA) is 29.8 Å². The summed E-state index contributed by atoms with van der Waals surface area (Å²) in [6.07, 6.45) is 4.82. The minimum atomic E-state index is 0.322. The van der Waals surface area contributed by atoms with Crippen LogP contribution in [0.25, 0.3) is 4.96 Å². The SMILES string of the molecule is CC1CN(Cc2cn3ccsc3n2)CC(C)O1. The van der Waals surface area contributed by atoms with Crippen molar-refractivity contribution in [2.75, 3.05) is 13.1 Å². The van der Waals surface area contributed by atoms with Crippen LogP contribution in [-0.2, 0) is 11.3 Å². The van der Waals surface area contributed by atoms with Crippen molar-refractivity contribution in [3.63, 3.8) is 0 Å². The summed E-state index contributed by atoms with van der Waals surface area (Å²) in [5.41, 5.74) is 1.15. The number of thiazole rings is 1. The minimum Gasteiger partial charge on any atom is -0.373 e. The molecule has 0 saturated carbocycles. The van der Waals surface area contributed by atoms with Crippen LogP contribution in [0.15, 0.2) is 17.8 Å². The first-order valence-corrected chi connectivity index (χ1v) is 6.87. The van der Waals surface area contributed by atoms with Gasteiger partial charge in [-0.05, 0) is 13.8 Å². The van der Waals surface area contributed by atoms with Crippen molar-refractivity contribution < 1.29 is 4.74 Å². The molecule has 1 aliphatic rings. The third-order valence-electron chi connectivity index (χ3n) is 3.02. The van der Waals surface area contributed by atoms with Crippen molar-refractivity contribution in [2.24, 2.45) is 0 Å². The van der Waals surface area contributed by atoms with Crippen LogP contribution in [0.5, 0.6) is 0 Å². The molecule has 0 N–H and O–H groups in total. The molecule has 3 heterocycles. The van der Waals surface area contributed by atoms with Gasteiger partial charge in [0, 0.05) is 37.4 Å². The van der Waals surface area contributed by atoms with E-state index in [1.54, 1.807) is 11.3 Å². The van der Waals surface area contributed by atoms with Gasteiger partial charge in [0.2, 0.25) is 0 Å². The van der Waals surface area contributed by atoms with Crippen LogP contribution in [0.2, 0.25) is 0 Å². The third-order valence-corrected chi connectivity index (χ3v) is 3.79. The minimum absolute atomic E-state index is 0.322. The summed E-state index contributed by atoms with van der Waals surface area (Å²) in [6, 6.07) is 0. The van der Waals surface area contributed by atoms with Gasteiger partial charge in [-0.2, -0.15) is 0 Å². The van der Waals surface area contributed by atoms with Gasteiger partial charge in [-0.15, -0.1) is 11.3 Å². The summed E-state index contributed by atoms with van der Waals surface area (Å²) in [5.74, 6) is 0. The predicted molar refractivity (Wildman–Crippen MR) is 68.4 cm³/mol. The number of hydrogen-bond acceptors (Lipinski definition) is 4. The maximum atomic E-state index is 5.73. The molecule has 2 unspecified atom stereocenters. The number of imidazole rings is 1. The second-order valence-corrected chi connectivity index (χ2v) is 5.65. The van der Waals surface area contributed by atoms with Crippen LogP contribution < -0.4 is 0 Å². The number of morpholine rings is 1. The van der Waals surface area contributed by atoms with E-state index in [1.807, 2.05) is 0 Å². The van der Waals surface area contributed by atoms with E-state index in [2.05, 4.69) is 45.9 Å². The second-order valence-electron chi connectivity index (χ2n) is 4.78. The first kappa shape index (κ1) is 11.2. The molecule has 2 atom stereocenters. The Balaban J connectivity index is 1.72. The smallest absolute Gasteiger partial charge is 0.193 e. The molecule has 0 spiro atoms. The van der Waals surface area contributed by atoms with Gasteiger partial charge in [0.05, 0.1) is 17.9 Å². The molecule has 17 heavy (non-hydrogen) atoms. The van der Waals surface area contributed by atoms with Crippen molar-refractivity contribution in [3.8, 4) is 0 Å². The van der Waals surface area contributed by atoms with Gasteiger partial charge in [-0.25, -0.2) is 4.98 Å². The molecule has 0 aliphatic carbocycles. The first-order chi connectivity index (χ1) is 8.20. The Kier molecular flexibility index (Phi) is 2.90. The van der Waals surface area contributed by atoms with Gasteiger partial charge in [-0.1, -0.05) is 0 Å². The van der Waals surface area contributed by atoms with Crippen molar-refractivity contribution in [1.82, 2.24) is 14.3 Å². The van der Waals surface area contributed by atoms with Gasteiger partial charge in [-0.3, -0.25) is 9.30 Å². The summed E-state index contributed by atoms with van der Waals surface area (Å²) in [7, 11) is 0. The van der Waals surface area contributed by atoms with Crippen LogP contribution in [-0.4, -0.2) is 39.6 Å². The average Bonchev–Trinajstić information content (AvgIpc) is 2.75. The van der Waals surface area contributed by atoms with Crippen molar-refractivity contribution in [3.05, 3.63) is 23.5 Å². The molecule has 4 nitrogen and oxygen atoms in total. The highest BCUT2D eigenvalue weighted by atomic mass is 32.1. The van der Waals surface area contributed by atoms with E-state index in [0.717, 1.165) is 30.3 Å². The standard InChI is InChI=1S/C12H17N3OS/c1-9-5-14(6-10(2)16-9)7-11-8-15-3-4-17-12(15)13-11/h3-4,8-10H,5-7H2,1-2H3. The average molecular weight is 251 g/mol. The summed E-state index contributed by atoms with van der Waals surface area (Å²) in [4.78, 5) is 8.12. The summed E-state index contributed by atoms with van der Waals surface area (Å²) >= 11 is 1.68. The fraction of sp³-hybridized carbons (Fsp3) is 0.583. The van der Waals surface area contributed by atoms with Crippen molar-refractivity contribution in [1.29, 1.82) is 0 Å². The molecule has 2 aromatic rings. The van der Waals surface area contributed by atoms with E-state index in [0.29, 0.717) is 12.2 Å². The van der Waals surface area contributed by atoms with E-state index >= 15 is 0 Å². The molecule has 0 amide bonds. The molecule has 1 aliphatic heterocycles. The van der Waals surface area contributed by atoms with E-state index < -0.39 is 0 Å². The van der Waals surface area contributed by atoms with Crippen LogP contribution in [0.1, 0.15) is 19.5 Å². The molecule has 1 saturated heterocycles. The maximum Gasteiger partial charge on any atom is 0.193 e. The lowest BCUT2D eigenvalue weighted by Gasteiger charge is -2.34. The van der Waals surface area contributed by atoms with E-state index in [-0.39, 0.29) is 0 Å². The zero-order chi connectivity index (χ0) is 11.8. The summed E-state index contributed by atoms with van der Waals surface area (Å²) < 4.78 is 7.82. The van der Waals surface area contributed by atoms with Crippen LogP contribution in [0.3, 0.4) is 0 Å². The molecule has 0 bridgehead atoms. The van der Waals surface area contributed by atoms with Gasteiger partial charge in [0.25, 0.3) is 0 Å². The molecule has 0 radical (unpaired) electrons. The maximum absolute atomic E-state index is 5.73. The van der Waals surface area contributed by atoms with Crippen LogP contribution >= 0.6 is 11.3 Å². The Morgan fingerprint density at radius 3 is 2.88 bits per heavy atom. The number of aromatic nitrogens is 2. The molecule has 2 aromatic heterocycles. The summed E-state index contributed by atoms with van der Waals surface area (Å²) in [5, 5.41) is 2.06. The Labute approximate surface area is 105 Å². The quantitative estimate of drug-likeness (QED) is 0.817. The van der Waals surface area contributed by atoms with Gasteiger partial charge >= 0.3 is 0 Å². The molecule has 1 fully saturated rings. The van der Waals surface area contributed by atoms with Crippen LogP contribution in [0.4, 0.5) is 0 Å². The number of hydrogen-bond donors (Lipinski definition) is 0. The first-order valence-electron chi connectivity index (χ1n) is 5.99. The highest BCUT2D eigenvalue weighted by Gasteiger charge is 2.22. The van der Waals surface area contributed by atoms with Gasteiger partial charge in [0.15, 0.2) is 4.96 Å². The lowest BCUT2D eigenvalue weighted by atomic mass is 10.2. The fourth-order valence-electron chi connectivity index (χ4n) is 2.49. The Bertz CT molecular complexity index is 468. The van der Waals surface area contributed by atoms with Crippen molar-refractivity contribution >= 4 is 16.3 Å². The largest absolute Gasteiger partial charge is 0.373 e. The van der Waals surface area contributed by atoms with Gasteiger partial charge in [0.1, 0.15) is 0 Å². The third kappa shape index (κ3) is 2.36. The van der Waals surface area contributed by atoms with E-state index in [1.165, 1.54) is 0 Å². The number of nitrogens with zero attached hydrogens (tertiary/aromatic N) is 3. The lowest BCUT2D eigenvalue weighted by molar-refractivity contribution is -0.0707. The van der Waals surface area contributed by atoms with Crippen molar-refractivity contribution in [2.45, 2.75) is 32.6 Å². The highest BCUT2D eigenvalue weighted by molar-refractivity contribution is 7.15. The normalized spacial score (nSPS) is 26.7.